The van der Waals surface area contributed by atoms with Crippen LogP contribution in [0.5, 0.6) is 0 Å². The number of carbonyl (C=O) groups is 1. The molecule has 2 unspecified atom stereocenters. The predicted molar refractivity (Wildman–Crippen MR) is 113 cm³/mol. The van der Waals surface area contributed by atoms with Crippen LogP contribution in [0.25, 0.3) is 22.4 Å². The number of rotatable bonds is 5. The molecule has 0 bridgehead atoms. The van der Waals surface area contributed by atoms with Crippen LogP contribution >= 0.6 is 0 Å². The van der Waals surface area contributed by atoms with Crippen molar-refractivity contribution in [3.63, 3.8) is 0 Å². The van der Waals surface area contributed by atoms with Crippen LogP contribution in [0.3, 0.4) is 0 Å². The third kappa shape index (κ3) is 2.36. The molecule has 1 aromatic heterocycles. The van der Waals surface area contributed by atoms with Gasteiger partial charge in [0.1, 0.15) is 11.5 Å². The van der Waals surface area contributed by atoms with E-state index in [4.69, 9.17) is 4.98 Å². The minimum Gasteiger partial charge on any atom is -0.300 e. The molecule has 0 saturated carbocycles. The zero-order valence-corrected chi connectivity index (χ0v) is 16.7. The lowest BCUT2D eigenvalue weighted by Gasteiger charge is -2.42. The van der Waals surface area contributed by atoms with E-state index in [1.807, 2.05) is 18.2 Å². The summed E-state index contributed by atoms with van der Waals surface area (Å²) >= 11 is 0. The first-order valence-electron chi connectivity index (χ1n) is 10.6. The summed E-state index contributed by atoms with van der Waals surface area (Å²) in [6.45, 7) is 4.44. The third-order valence-corrected chi connectivity index (χ3v) is 6.52. The van der Waals surface area contributed by atoms with Gasteiger partial charge in [-0.2, -0.15) is 0 Å². The number of hydrogen-bond donors (Lipinski definition) is 0. The van der Waals surface area contributed by atoms with E-state index in [2.05, 4.69) is 53.6 Å². The van der Waals surface area contributed by atoms with Gasteiger partial charge in [0.2, 0.25) is 5.91 Å². The quantitative estimate of drug-likeness (QED) is 0.537. The topological polar surface area (TPSA) is 38.1 Å². The predicted octanol–water partition coefficient (Wildman–Crippen LogP) is 5.71. The Bertz CT molecular complexity index is 1050. The molecule has 0 N–H and O–H groups in total. The van der Waals surface area contributed by atoms with Gasteiger partial charge in [-0.15, -0.1) is 0 Å². The Labute approximate surface area is 166 Å². The van der Waals surface area contributed by atoms with Gasteiger partial charge in [-0.1, -0.05) is 56.9 Å². The van der Waals surface area contributed by atoms with Crippen molar-refractivity contribution in [1.29, 1.82) is 0 Å². The maximum atomic E-state index is 13.5. The van der Waals surface area contributed by atoms with E-state index in [0.29, 0.717) is 0 Å². The number of benzene rings is 2. The number of carbonyl (C=O) groups excluding carboxylic acids is 1. The fourth-order valence-corrected chi connectivity index (χ4v) is 5.23. The molecule has 3 aromatic rings. The summed E-state index contributed by atoms with van der Waals surface area (Å²) in [5, 5.41) is 0. The van der Waals surface area contributed by atoms with Gasteiger partial charge in [-0.05, 0) is 37.6 Å². The zero-order chi connectivity index (χ0) is 19.3. The van der Waals surface area contributed by atoms with Crippen LogP contribution in [-0.4, -0.2) is 15.5 Å². The van der Waals surface area contributed by atoms with Crippen LogP contribution in [0, 0.1) is 5.92 Å². The summed E-state index contributed by atoms with van der Waals surface area (Å²) in [4.78, 5) is 20.6. The molecule has 4 nitrogen and oxygen atoms in total. The van der Waals surface area contributed by atoms with Crippen LogP contribution in [0.15, 0.2) is 48.5 Å². The molecule has 1 amide bonds. The molecular weight excluding hydrogens is 346 g/mol. The second kappa shape index (κ2) is 6.47. The molecule has 1 fully saturated rings. The molecule has 0 aliphatic carbocycles. The summed E-state index contributed by atoms with van der Waals surface area (Å²) in [5.41, 5.74) is 3.77. The van der Waals surface area contributed by atoms with Crippen LogP contribution < -0.4 is 4.90 Å². The maximum Gasteiger partial charge on any atom is 0.232 e. The number of para-hydroxylation sites is 3. The first kappa shape index (κ1) is 17.5. The highest BCUT2D eigenvalue weighted by molar-refractivity contribution is 6.04. The number of anilines is 1. The number of imidazole rings is 1. The Morgan fingerprint density at radius 3 is 2.71 bits per heavy atom. The van der Waals surface area contributed by atoms with Crippen LogP contribution in [0.1, 0.15) is 52.4 Å². The highest BCUT2D eigenvalue weighted by Gasteiger charge is 2.53. The monoisotopic (exact) mass is 373 g/mol. The van der Waals surface area contributed by atoms with Crippen LogP contribution in [0.2, 0.25) is 0 Å². The molecule has 144 valence electrons. The van der Waals surface area contributed by atoms with E-state index >= 15 is 0 Å². The fraction of sp³-hybridized carbons (Fsp3) is 0.417. The molecule has 5 rings (SSSR count). The molecule has 2 atom stereocenters. The smallest absolute Gasteiger partial charge is 0.232 e. The highest BCUT2D eigenvalue weighted by atomic mass is 16.2. The molecule has 0 spiro atoms. The molecule has 28 heavy (non-hydrogen) atoms. The van der Waals surface area contributed by atoms with Crippen molar-refractivity contribution >= 4 is 22.6 Å². The van der Waals surface area contributed by atoms with E-state index in [1.165, 1.54) is 19.3 Å². The lowest BCUT2D eigenvalue weighted by molar-refractivity contribution is -0.120. The van der Waals surface area contributed by atoms with Gasteiger partial charge in [0.05, 0.1) is 16.7 Å². The van der Waals surface area contributed by atoms with Gasteiger partial charge in [0, 0.05) is 17.9 Å². The first-order chi connectivity index (χ1) is 13.6. The van der Waals surface area contributed by atoms with E-state index in [1.54, 1.807) is 0 Å². The Morgan fingerprint density at radius 2 is 1.86 bits per heavy atom. The molecular formula is C24H27N3O. The minimum atomic E-state index is -0.397. The standard InChI is InChI=1S/C24H27N3O/c1-3-4-5-6-11-17-16-24(2)26-21-15-10-8-13-19(21)25-22(26)18-12-7-9-14-20(18)27(24)23(17)28/h7-10,12-15,17H,3-6,11,16H2,1-2H3. The van der Waals surface area contributed by atoms with Crippen molar-refractivity contribution in [2.45, 2.75) is 58.0 Å². The lowest BCUT2D eigenvalue weighted by atomic mass is 9.94. The first-order valence-corrected chi connectivity index (χ1v) is 10.6. The Morgan fingerprint density at radius 1 is 1.07 bits per heavy atom. The van der Waals surface area contributed by atoms with Gasteiger partial charge < -0.3 is 0 Å². The Hall–Kier alpha value is -2.62. The average molecular weight is 374 g/mol. The Kier molecular flexibility index (Phi) is 4.04. The van der Waals surface area contributed by atoms with Crippen molar-refractivity contribution in [2.75, 3.05) is 4.90 Å². The largest absolute Gasteiger partial charge is 0.300 e. The highest BCUT2D eigenvalue weighted by Crippen LogP contribution is 2.52. The van der Waals surface area contributed by atoms with Crippen molar-refractivity contribution in [1.82, 2.24) is 9.55 Å². The lowest BCUT2D eigenvalue weighted by Crippen LogP contribution is -2.48. The average Bonchev–Trinajstić information content (AvgIpc) is 3.22. The van der Waals surface area contributed by atoms with Crippen molar-refractivity contribution in [2.24, 2.45) is 5.92 Å². The Balaban J connectivity index is 1.64. The van der Waals surface area contributed by atoms with Crippen LogP contribution in [-0.2, 0) is 10.5 Å². The van der Waals surface area contributed by atoms with Crippen molar-refractivity contribution < 1.29 is 4.79 Å². The summed E-state index contributed by atoms with van der Waals surface area (Å²) in [6, 6.07) is 16.5. The molecule has 4 heteroatoms. The maximum absolute atomic E-state index is 13.5. The number of nitrogens with zero attached hydrogens (tertiary/aromatic N) is 3. The summed E-state index contributed by atoms with van der Waals surface area (Å²) < 4.78 is 2.31. The van der Waals surface area contributed by atoms with Gasteiger partial charge >= 0.3 is 0 Å². The summed E-state index contributed by atoms with van der Waals surface area (Å²) in [5.74, 6) is 1.34. The second-order valence-electron chi connectivity index (χ2n) is 8.42. The third-order valence-electron chi connectivity index (χ3n) is 6.52. The van der Waals surface area contributed by atoms with Gasteiger partial charge in [0.25, 0.3) is 0 Å². The van der Waals surface area contributed by atoms with E-state index in [9.17, 15) is 4.79 Å². The van der Waals surface area contributed by atoms with Crippen molar-refractivity contribution in [3.05, 3.63) is 48.5 Å². The van der Waals surface area contributed by atoms with Gasteiger partial charge in [-0.3, -0.25) is 14.3 Å². The number of aromatic nitrogens is 2. The summed E-state index contributed by atoms with van der Waals surface area (Å²) in [6.07, 6.45) is 6.65. The van der Waals surface area contributed by atoms with Gasteiger partial charge in [0.15, 0.2) is 0 Å². The van der Waals surface area contributed by atoms with E-state index < -0.39 is 5.66 Å². The molecule has 2 aliphatic rings. The number of hydrogen-bond acceptors (Lipinski definition) is 2. The second-order valence-corrected chi connectivity index (χ2v) is 8.42. The van der Waals surface area contributed by atoms with Crippen LogP contribution in [0.4, 0.5) is 5.69 Å². The molecule has 1 saturated heterocycles. The van der Waals surface area contributed by atoms with E-state index in [0.717, 1.165) is 47.4 Å². The zero-order valence-electron chi connectivity index (χ0n) is 16.7. The normalized spacial score (nSPS) is 23.0. The SMILES string of the molecule is CCCCCCC1CC2(C)N(C1=O)c1ccccc1-c1nc3ccccc3n12. The number of amides is 1. The molecule has 2 aromatic carbocycles. The van der Waals surface area contributed by atoms with E-state index in [-0.39, 0.29) is 11.8 Å². The molecule has 0 radical (unpaired) electrons. The molecule has 3 heterocycles. The fourth-order valence-electron chi connectivity index (χ4n) is 5.23. The minimum absolute atomic E-state index is 0.0852. The van der Waals surface area contributed by atoms with Gasteiger partial charge in [-0.25, -0.2) is 4.98 Å². The summed E-state index contributed by atoms with van der Waals surface area (Å²) in [7, 11) is 0. The number of unbranched alkanes of at least 4 members (excludes halogenated alkanes) is 3. The molecule has 2 aliphatic heterocycles. The number of fused-ring (bicyclic) bond motifs is 8. The van der Waals surface area contributed by atoms with Crippen molar-refractivity contribution in [3.8, 4) is 11.4 Å².